The summed E-state index contributed by atoms with van der Waals surface area (Å²) in [5, 5.41) is 0. The highest BCUT2D eigenvalue weighted by atomic mass is 16.7. The summed E-state index contributed by atoms with van der Waals surface area (Å²) >= 11 is 0. The Labute approximate surface area is 119 Å². The van der Waals surface area contributed by atoms with E-state index >= 15 is 0 Å². The third-order valence-corrected chi connectivity index (χ3v) is 3.83. The first-order valence-corrected chi connectivity index (χ1v) is 6.92. The highest BCUT2D eigenvalue weighted by Gasteiger charge is 2.17. The second-order valence-electron chi connectivity index (χ2n) is 5.18. The molecule has 0 aromatic heterocycles. The molecule has 3 nitrogen and oxygen atoms in total. The first-order chi connectivity index (χ1) is 9.78. The normalized spacial score (nSPS) is 14.3. The second-order valence-corrected chi connectivity index (χ2v) is 5.18. The van der Waals surface area contributed by atoms with E-state index in [1.807, 2.05) is 6.07 Å². The zero-order valence-electron chi connectivity index (χ0n) is 11.6. The summed E-state index contributed by atoms with van der Waals surface area (Å²) < 4.78 is 10.8. The minimum absolute atomic E-state index is 0.316. The Morgan fingerprint density at radius 1 is 1.10 bits per heavy atom. The largest absolute Gasteiger partial charge is 0.454 e. The quantitative estimate of drug-likeness (QED) is 0.928. The Morgan fingerprint density at radius 3 is 2.70 bits per heavy atom. The molecule has 0 radical (unpaired) electrons. The van der Waals surface area contributed by atoms with Gasteiger partial charge in [0, 0.05) is 5.92 Å². The first-order valence-electron chi connectivity index (χ1n) is 6.92. The standard InChI is InChI=1S/C17H19NO2/c1-12-4-2-3-5-15(12)14(10-18)8-13-6-7-16-17(9-13)20-11-19-16/h2-7,9,14H,8,10-11,18H2,1H3. The molecule has 0 fully saturated rings. The van der Waals surface area contributed by atoms with Crippen LogP contribution in [0.25, 0.3) is 0 Å². The number of hydrogen-bond donors (Lipinski definition) is 1. The van der Waals surface area contributed by atoms with Crippen molar-refractivity contribution in [1.29, 1.82) is 0 Å². The monoisotopic (exact) mass is 269 g/mol. The molecule has 1 aliphatic rings. The average molecular weight is 269 g/mol. The van der Waals surface area contributed by atoms with E-state index < -0.39 is 0 Å². The molecule has 0 saturated heterocycles. The van der Waals surface area contributed by atoms with Crippen LogP contribution in [0.5, 0.6) is 11.5 Å². The summed E-state index contributed by atoms with van der Waals surface area (Å²) in [7, 11) is 0. The molecule has 2 aromatic carbocycles. The van der Waals surface area contributed by atoms with Gasteiger partial charge in [0.1, 0.15) is 0 Å². The lowest BCUT2D eigenvalue weighted by Gasteiger charge is -2.18. The van der Waals surface area contributed by atoms with Crippen LogP contribution in [0.2, 0.25) is 0 Å². The molecule has 1 aliphatic heterocycles. The molecule has 3 heteroatoms. The fraction of sp³-hybridized carbons (Fsp3) is 0.294. The molecule has 0 saturated carbocycles. The number of nitrogens with two attached hydrogens (primary N) is 1. The van der Waals surface area contributed by atoms with Crippen LogP contribution in [-0.2, 0) is 6.42 Å². The van der Waals surface area contributed by atoms with Crippen LogP contribution >= 0.6 is 0 Å². The molecule has 0 bridgehead atoms. The molecule has 2 N–H and O–H groups in total. The van der Waals surface area contributed by atoms with E-state index in [0.717, 1.165) is 17.9 Å². The van der Waals surface area contributed by atoms with Crippen molar-refractivity contribution in [3.05, 3.63) is 59.2 Å². The van der Waals surface area contributed by atoms with Gasteiger partial charge in [-0.25, -0.2) is 0 Å². The van der Waals surface area contributed by atoms with Crippen LogP contribution in [0.4, 0.5) is 0 Å². The van der Waals surface area contributed by atoms with Crippen LogP contribution in [-0.4, -0.2) is 13.3 Å². The lowest BCUT2D eigenvalue weighted by molar-refractivity contribution is 0.174. The van der Waals surface area contributed by atoms with Crippen molar-refractivity contribution in [2.45, 2.75) is 19.3 Å². The predicted octanol–water partition coefficient (Wildman–Crippen LogP) is 3.01. The fourth-order valence-electron chi connectivity index (χ4n) is 2.72. The maximum absolute atomic E-state index is 5.98. The smallest absolute Gasteiger partial charge is 0.231 e. The van der Waals surface area contributed by atoms with Crippen molar-refractivity contribution in [3.63, 3.8) is 0 Å². The van der Waals surface area contributed by atoms with Crippen LogP contribution in [0.1, 0.15) is 22.6 Å². The van der Waals surface area contributed by atoms with E-state index in [4.69, 9.17) is 15.2 Å². The maximum atomic E-state index is 5.98. The van der Waals surface area contributed by atoms with Gasteiger partial charge in [-0.1, -0.05) is 30.3 Å². The Bertz CT molecular complexity index is 610. The molecule has 0 amide bonds. The summed E-state index contributed by atoms with van der Waals surface area (Å²) in [4.78, 5) is 0. The topological polar surface area (TPSA) is 44.5 Å². The van der Waals surface area contributed by atoms with E-state index in [9.17, 15) is 0 Å². The zero-order chi connectivity index (χ0) is 13.9. The minimum Gasteiger partial charge on any atom is -0.454 e. The van der Waals surface area contributed by atoms with Crippen LogP contribution < -0.4 is 15.2 Å². The van der Waals surface area contributed by atoms with Crippen molar-refractivity contribution in [1.82, 2.24) is 0 Å². The van der Waals surface area contributed by atoms with Gasteiger partial charge >= 0.3 is 0 Å². The molecule has 20 heavy (non-hydrogen) atoms. The summed E-state index contributed by atoms with van der Waals surface area (Å²) in [6.07, 6.45) is 0.915. The Morgan fingerprint density at radius 2 is 1.90 bits per heavy atom. The highest BCUT2D eigenvalue weighted by molar-refractivity contribution is 5.45. The van der Waals surface area contributed by atoms with Gasteiger partial charge < -0.3 is 15.2 Å². The van der Waals surface area contributed by atoms with E-state index in [1.165, 1.54) is 16.7 Å². The molecule has 1 atom stereocenters. The van der Waals surface area contributed by atoms with Gasteiger partial charge in [0.2, 0.25) is 6.79 Å². The van der Waals surface area contributed by atoms with Gasteiger partial charge in [-0.05, 0) is 48.7 Å². The van der Waals surface area contributed by atoms with Gasteiger partial charge in [0.15, 0.2) is 11.5 Å². The van der Waals surface area contributed by atoms with E-state index in [2.05, 4.69) is 43.3 Å². The number of aryl methyl sites for hydroxylation is 1. The summed E-state index contributed by atoms with van der Waals surface area (Å²) in [5.41, 5.74) is 9.83. The highest BCUT2D eigenvalue weighted by Crippen LogP contribution is 2.34. The molecule has 0 spiro atoms. The zero-order valence-corrected chi connectivity index (χ0v) is 11.6. The number of ether oxygens (including phenoxy) is 2. The average Bonchev–Trinajstić information content (AvgIpc) is 2.93. The van der Waals surface area contributed by atoms with E-state index in [1.54, 1.807) is 0 Å². The lowest BCUT2D eigenvalue weighted by atomic mass is 9.89. The predicted molar refractivity (Wildman–Crippen MR) is 79.2 cm³/mol. The molecule has 104 valence electrons. The van der Waals surface area contributed by atoms with Gasteiger partial charge in [0.25, 0.3) is 0 Å². The third kappa shape index (κ3) is 2.49. The second kappa shape index (κ2) is 5.55. The molecular weight excluding hydrogens is 250 g/mol. The van der Waals surface area contributed by atoms with E-state index in [-0.39, 0.29) is 0 Å². The Balaban J connectivity index is 1.83. The van der Waals surface area contributed by atoms with Gasteiger partial charge in [-0.2, -0.15) is 0 Å². The summed E-state index contributed by atoms with van der Waals surface area (Å²) in [6.45, 7) is 3.09. The molecular formula is C17H19NO2. The van der Waals surface area contributed by atoms with E-state index in [0.29, 0.717) is 19.3 Å². The van der Waals surface area contributed by atoms with Crippen LogP contribution in [0, 0.1) is 6.92 Å². The van der Waals surface area contributed by atoms with Crippen molar-refractivity contribution in [3.8, 4) is 11.5 Å². The lowest BCUT2D eigenvalue weighted by Crippen LogP contribution is -2.16. The van der Waals surface area contributed by atoms with Gasteiger partial charge in [-0.15, -0.1) is 0 Å². The number of fused-ring (bicyclic) bond motifs is 1. The summed E-state index contributed by atoms with van der Waals surface area (Å²) in [6, 6.07) is 14.6. The van der Waals surface area contributed by atoms with Crippen molar-refractivity contribution >= 4 is 0 Å². The van der Waals surface area contributed by atoms with Crippen LogP contribution in [0.3, 0.4) is 0 Å². The van der Waals surface area contributed by atoms with Crippen molar-refractivity contribution in [2.75, 3.05) is 13.3 Å². The molecule has 1 unspecified atom stereocenters. The molecule has 2 aromatic rings. The minimum atomic E-state index is 0.316. The fourth-order valence-corrected chi connectivity index (χ4v) is 2.72. The van der Waals surface area contributed by atoms with Crippen molar-refractivity contribution < 1.29 is 9.47 Å². The van der Waals surface area contributed by atoms with Crippen LogP contribution in [0.15, 0.2) is 42.5 Å². The Hall–Kier alpha value is -2.00. The first kappa shape index (κ1) is 13.0. The van der Waals surface area contributed by atoms with Gasteiger partial charge in [0.05, 0.1) is 0 Å². The Kier molecular flexibility index (Phi) is 3.61. The number of hydrogen-bond acceptors (Lipinski definition) is 3. The molecule has 3 rings (SSSR count). The number of benzene rings is 2. The summed E-state index contributed by atoms with van der Waals surface area (Å²) in [5.74, 6) is 1.99. The molecule has 1 heterocycles. The third-order valence-electron chi connectivity index (χ3n) is 3.83. The van der Waals surface area contributed by atoms with Gasteiger partial charge in [-0.3, -0.25) is 0 Å². The molecule has 0 aliphatic carbocycles. The SMILES string of the molecule is Cc1ccccc1C(CN)Cc1ccc2c(c1)OCO2. The number of rotatable bonds is 4. The maximum Gasteiger partial charge on any atom is 0.231 e. The van der Waals surface area contributed by atoms with Crippen molar-refractivity contribution in [2.24, 2.45) is 5.73 Å².